The van der Waals surface area contributed by atoms with Crippen LogP contribution in [0.1, 0.15) is 30.5 Å². The first kappa shape index (κ1) is 22.8. The van der Waals surface area contributed by atoms with E-state index in [4.69, 9.17) is 14.6 Å². The molecule has 0 radical (unpaired) electrons. The van der Waals surface area contributed by atoms with Gasteiger partial charge in [0, 0.05) is 51.2 Å². The molecule has 174 valence electrons. The van der Waals surface area contributed by atoms with Gasteiger partial charge in [-0.05, 0) is 17.7 Å². The second-order valence-corrected chi connectivity index (χ2v) is 8.26. The molecule has 1 fully saturated rings. The Hall–Kier alpha value is -3.39. The summed E-state index contributed by atoms with van der Waals surface area (Å²) in [6.45, 7) is 4.45. The fourth-order valence-electron chi connectivity index (χ4n) is 4.37. The third-order valence-electron chi connectivity index (χ3n) is 6.25. The molecule has 0 N–H and O–H groups in total. The number of ether oxygens (including phenoxy) is 2. The number of benzene rings is 2. The summed E-state index contributed by atoms with van der Waals surface area (Å²) in [5.41, 5.74) is 2.76. The molecule has 0 bridgehead atoms. The van der Waals surface area contributed by atoms with Gasteiger partial charge in [0.25, 0.3) is 5.91 Å². The van der Waals surface area contributed by atoms with Crippen molar-refractivity contribution < 1.29 is 19.1 Å². The molecule has 0 unspecified atom stereocenters. The van der Waals surface area contributed by atoms with Crippen LogP contribution in [0.25, 0.3) is 0 Å². The third kappa shape index (κ3) is 5.01. The Balaban J connectivity index is 1.58. The standard InChI is InChI=1S/C25H30N4O4/c1-18(30)28-13-11-27(12-14-28)17-25(31)29-23(16-22(26-29)19-7-5-4-6-8-19)21-10-9-20(32-2)15-24(21)33-3/h4-10,15,23H,11-14,16-17H2,1-3H3/t23-/m1/s1. The number of methoxy groups -OCH3 is 2. The van der Waals surface area contributed by atoms with Crippen LogP contribution in [0.5, 0.6) is 11.5 Å². The third-order valence-corrected chi connectivity index (χ3v) is 6.25. The molecule has 33 heavy (non-hydrogen) atoms. The number of amides is 2. The van der Waals surface area contributed by atoms with Crippen molar-refractivity contribution in [1.82, 2.24) is 14.8 Å². The highest BCUT2D eigenvalue weighted by Crippen LogP contribution is 2.39. The fraction of sp³-hybridized carbons (Fsp3) is 0.400. The summed E-state index contributed by atoms with van der Waals surface area (Å²) in [5.74, 6) is 1.36. The normalized spacial score (nSPS) is 18.8. The van der Waals surface area contributed by atoms with Crippen LogP contribution in [0.4, 0.5) is 0 Å². The van der Waals surface area contributed by atoms with Gasteiger partial charge in [-0.2, -0.15) is 5.10 Å². The van der Waals surface area contributed by atoms with Crippen LogP contribution in [-0.4, -0.2) is 79.3 Å². The first-order chi connectivity index (χ1) is 16.0. The quantitative estimate of drug-likeness (QED) is 0.676. The van der Waals surface area contributed by atoms with Gasteiger partial charge in [-0.3, -0.25) is 14.5 Å². The summed E-state index contributed by atoms with van der Waals surface area (Å²) in [4.78, 5) is 28.9. The molecule has 2 aliphatic rings. The van der Waals surface area contributed by atoms with Crippen molar-refractivity contribution in [3.8, 4) is 11.5 Å². The molecule has 2 aromatic carbocycles. The van der Waals surface area contributed by atoms with Crippen molar-refractivity contribution in [1.29, 1.82) is 0 Å². The first-order valence-electron chi connectivity index (χ1n) is 11.1. The first-order valence-corrected chi connectivity index (χ1v) is 11.1. The van der Waals surface area contributed by atoms with Gasteiger partial charge in [0.15, 0.2) is 0 Å². The minimum Gasteiger partial charge on any atom is -0.497 e. The number of piperazine rings is 1. The molecule has 4 rings (SSSR count). The Kier molecular flexibility index (Phi) is 6.93. The van der Waals surface area contributed by atoms with Gasteiger partial charge in [-0.15, -0.1) is 0 Å². The predicted octanol–water partition coefficient (Wildman–Crippen LogP) is 2.55. The zero-order chi connectivity index (χ0) is 23.4. The summed E-state index contributed by atoms with van der Waals surface area (Å²) in [5, 5.41) is 6.37. The van der Waals surface area contributed by atoms with Crippen molar-refractivity contribution in [3.63, 3.8) is 0 Å². The number of hydrazone groups is 1. The zero-order valence-corrected chi connectivity index (χ0v) is 19.4. The minimum absolute atomic E-state index is 0.0694. The highest BCUT2D eigenvalue weighted by molar-refractivity contribution is 6.03. The molecule has 0 aromatic heterocycles. The van der Waals surface area contributed by atoms with Gasteiger partial charge in [0.2, 0.25) is 5.91 Å². The van der Waals surface area contributed by atoms with Crippen LogP contribution in [0, 0.1) is 0 Å². The van der Waals surface area contributed by atoms with Gasteiger partial charge < -0.3 is 14.4 Å². The van der Waals surface area contributed by atoms with Crippen molar-refractivity contribution in [2.45, 2.75) is 19.4 Å². The second kappa shape index (κ2) is 10.0. The summed E-state index contributed by atoms with van der Waals surface area (Å²) in [7, 11) is 3.23. The minimum atomic E-state index is -0.271. The van der Waals surface area contributed by atoms with E-state index < -0.39 is 0 Å². The molecule has 0 aliphatic carbocycles. The van der Waals surface area contributed by atoms with Crippen LogP contribution in [0.15, 0.2) is 53.6 Å². The predicted molar refractivity (Wildman–Crippen MR) is 125 cm³/mol. The summed E-state index contributed by atoms with van der Waals surface area (Å²) in [6.07, 6.45) is 0.594. The van der Waals surface area contributed by atoms with Crippen LogP contribution in [0.2, 0.25) is 0 Å². The molecule has 1 atom stereocenters. The SMILES string of the molecule is COc1ccc([C@H]2CC(c3ccccc3)=NN2C(=O)CN2CCN(C(C)=O)CC2)c(OC)c1. The van der Waals surface area contributed by atoms with Crippen molar-refractivity contribution >= 4 is 17.5 Å². The van der Waals surface area contributed by atoms with E-state index in [9.17, 15) is 9.59 Å². The number of carbonyl (C=O) groups excluding carboxylic acids is 2. The average Bonchev–Trinajstić information content (AvgIpc) is 3.30. The zero-order valence-electron chi connectivity index (χ0n) is 19.4. The molecule has 2 heterocycles. The molecule has 8 heteroatoms. The smallest absolute Gasteiger partial charge is 0.257 e. The van der Waals surface area contributed by atoms with Gasteiger partial charge in [0.05, 0.1) is 32.5 Å². The lowest BCUT2D eigenvalue weighted by molar-refractivity contribution is -0.135. The van der Waals surface area contributed by atoms with Crippen LogP contribution in [-0.2, 0) is 9.59 Å². The molecule has 8 nitrogen and oxygen atoms in total. The Morgan fingerprint density at radius 3 is 2.36 bits per heavy atom. The maximum Gasteiger partial charge on any atom is 0.257 e. The highest BCUT2D eigenvalue weighted by atomic mass is 16.5. The second-order valence-electron chi connectivity index (χ2n) is 8.26. The van der Waals surface area contributed by atoms with E-state index in [-0.39, 0.29) is 24.4 Å². The van der Waals surface area contributed by atoms with Gasteiger partial charge in [-0.25, -0.2) is 5.01 Å². The molecular weight excluding hydrogens is 420 g/mol. The molecular formula is C25H30N4O4. The molecule has 0 saturated carbocycles. The van der Waals surface area contributed by atoms with E-state index in [0.29, 0.717) is 44.1 Å². The van der Waals surface area contributed by atoms with Crippen molar-refractivity contribution in [2.75, 3.05) is 46.9 Å². The van der Waals surface area contributed by atoms with E-state index >= 15 is 0 Å². The molecule has 2 aromatic rings. The fourth-order valence-corrected chi connectivity index (χ4v) is 4.37. The summed E-state index contributed by atoms with van der Waals surface area (Å²) < 4.78 is 11.0. The number of rotatable bonds is 6. The van der Waals surface area contributed by atoms with Gasteiger partial charge in [0.1, 0.15) is 11.5 Å². The van der Waals surface area contributed by atoms with E-state index in [1.54, 1.807) is 26.2 Å². The Bertz CT molecular complexity index is 1030. The maximum absolute atomic E-state index is 13.4. The van der Waals surface area contributed by atoms with Crippen LogP contribution >= 0.6 is 0 Å². The lowest BCUT2D eigenvalue weighted by Crippen LogP contribution is -2.50. The van der Waals surface area contributed by atoms with E-state index in [0.717, 1.165) is 16.8 Å². The van der Waals surface area contributed by atoms with E-state index in [2.05, 4.69) is 4.90 Å². The molecule has 0 spiro atoms. The van der Waals surface area contributed by atoms with Crippen LogP contribution in [0.3, 0.4) is 0 Å². The molecule has 2 amide bonds. The van der Waals surface area contributed by atoms with Gasteiger partial charge >= 0.3 is 0 Å². The largest absolute Gasteiger partial charge is 0.497 e. The van der Waals surface area contributed by atoms with E-state index in [1.165, 1.54) is 0 Å². The van der Waals surface area contributed by atoms with Crippen molar-refractivity contribution in [2.24, 2.45) is 5.10 Å². The summed E-state index contributed by atoms with van der Waals surface area (Å²) in [6, 6.07) is 15.3. The summed E-state index contributed by atoms with van der Waals surface area (Å²) >= 11 is 0. The number of nitrogens with zero attached hydrogens (tertiary/aromatic N) is 4. The molecule has 2 aliphatic heterocycles. The monoisotopic (exact) mass is 450 g/mol. The Morgan fingerprint density at radius 1 is 1.00 bits per heavy atom. The van der Waals surface area contributed by atoms with Crippen LogP contribution < -0.4 is 9.47 Å². The van der Waals surface area contributed by atoms with Gasteiger partial charge in [-0.1, -0.05) is 30.3 Å². The number of hydrogen-bond acceptors (Lipinski definition) is 6. The maximum atomic E-state index is 13.4. The topological polar surface area (TPSA) is 74.7 Å². The molecule has 1 saturated heterocycles. The Labute approximate surface area is 194 Å². The average molecular weight is 451 g/mol. The highest BCUT2D eigenvalue weighted by Gasteiger charge is 2.36. The number of carbonyl (C=O) groups is 2. The Morgan fingerprint density at radius 2 is 1.73 bits per heavy atom. The lowest BCUT2D eigenvalue weighted by atomic mass is 9.97. The van der Waals surface area contributed by atoms with Crippen molar-refractivity contribution in [3.05, 3.63) is 59.7 Å². The number of hydrogen-bond donors (Lipinski definition) is 0. The van der Waals surface area contributed by atoms with E-state index in [1.807, 2.05) is 53.4 Å². The lowest BCUT2D eigenvalue weighted by Gasteiger charge is -2.34.